The Morgan fingerprint density at radius 2 is 1.64 bits per heavy atom. The molecule has 4 nitrogen and oxygen atoms in total. The van der Waals surface area contributed by atoms with E-state index in [1.54, 1.807) is 0 Å². The summed E-state index contributed by atoms with van der Waals surface area (Å²) in [7, 11) is -3.92. The van der Waals surface area contributed by atoms with Gasteiger partial charge in [-0.15, -0.1) is 0 Å². The molecule has 0 atom stereocenters. The summed E-state index contributed by atoms with van der Waals surface area (Å²) in [5, 5.41) is 0. The largest absolute Gasteiger partial charge is 0.330 e. The van der Waals surface area contributed by atoms with Crippen LogP contribution in [0.3, 0.4) is 0 Å². The predicted molar refractivity (Wildman–Crippen MR) is 56.1 cm³/mol. The molecule has 1 aliphatic rings. The molecule has 0 aromatic heterocycles. The Morgan fingerprint density at radius 3 is 2.00 bits per heavy atom. The topological polar surface area (TPSA) is 83.6 Å². The summed E-state index contributed by atoms with van der Waals surface area (Å²) in [4.78, 5) is 18.0. The van der Waals surface area contributed by atoms with Crippen LogP contribution in [-0.4, -0.2) is 22.5 Å². The molecule has 0 saturated heterocycles. The van der Waals surface area contributed by atoms with E-state index in [2.05, 4.69) is 0 Å². The van der Waals surface area contributed by atoms with Crippen LogP contribution in [0.4, 0.5) is 0 Å². The average molecular weight is 221 g/mol. The Balaban J connectivity index is 2.67. The highest BCUT2D eigenvalue weighted by molar-refractivity contribution is 7.51. The maximum Gasteiger partial charge on any atom is 0.326 e. The van der Waals surface area contributed by atoms with E-state index in [1.165, 1.54) is 12.8 Å². The number of rotatable bonds is 3. The minimum atomic E-state index is -3.92. The molecule has 84 valence electrons. The van der Waals surface area contributed by atoms with Gasteiger partial charge in [-0.2, -0.15) is 0 Å². The summed E-state index contributed by atoms with van der Waals surface area (Å²) in [5.74, 6) is 0. The number of nitrogens with two attached hydrogens (primary N) is 1. The molecule has 0 unspecified atom stereocenters. The molecule has 1 saturated carbocycles. The molecule has 0 heterocycles. The molecule has 1 aliphatic carbocycles. The van der Waals surface area contributed by atoms with E-state index in [0.717, 1.165) is 25.7 Å². The second kappa shape index (κ2) is 4.75. The minimum Gasteiger partial charge on any atom is -0.330 e. The van der Waals surface area contributed by atoms with Gasteiger partial charge in [0.05, 0.1) is 6.16 Å². The van der Waals surface area contributed by atoms with Crippen molar-refractivity contribution in [1.82, 2.24) is 0 Å². The van der Waals surface area contributed by atoms with Crippen LogP contribution in [0.5, 0.6) is 0 Å². The molecule has 1 rings (SSSR count). The maximum atomic E-state index is 11.0. The molecule has 4 N–H and O–H groups in total. The van der Waals surface area contributed by atoms with E-state index in [1.807, 2.05) is 0 Å². The standard InChI is InChI=1S/C9H20NO3P/c10-7-9(8-14(11,12)13)5-3-1-2-4-6-9/h1-8,10H2,(H2,11,12,13). The summed E-state index contributed by atoms with van der Waals surface area (Å²) >= 11 is 0. The van der Waals surface area contributed by atoms with E-state index in [0.29, 0.717) is 6.54 Å². The number of hydrogen-bond donors (Lipinski definition) is 3. The molecule has 0 amide bonds. The van der Waals surface area contributed by atoms with Crippen molar-refractivity contribution < 1.29 is 14.4 Å². The van der Waals surface area contributed by atoms with Gasteiger partial charge in [0, 0.05) is 0 Å². The number of hydrogen-bond acceptors (Lipinski definition) is 2. The first kappa shape index (κ1) is 12.2. The van der Waals surface area contributed by atoms with Crippen molar-refractivity contribution in [3.05, 3.63) is 0 Å². The first-order valence-electron chi connectivity index (χ1n) is 5.22. The van der Waals surface area contributed by atoms with Gasteiger partial charge in [-0.1, -0.05) is 25.7 Å². The maximum absolute atomic E-state index is 11.0. The molecular formula is C9H20NO3P. The zero-order valence-electron chi connectivity index (χ0n) is 8.48. The van der Waals surface area contributed by atoms with Crippen LogP contribution < -0.4 is 5.73 Å². The van der Waals surface area contributed by atoms with Crippen molar-refractivity contribution in [2.75, 3.05) is 12.7 Å². The van der Waals surface area contributed by atoms with E-state index >= 15 is 0 Å². The molecular weight excluding hydrogens is 201 g/mol. The van der Waals surface area contributed by atoms with Crippen molar-refractivity contribution in [2.45, 2.75) is 38.5 Å². The summed E-state index contributed by atoms with van der Waals surface area (Å²) in [5.41, 5.74) is 5.38. The van der Waals surface area contributed by atoms with E-state index in [4.69, 9.17) is 15.5 Å². The van der Waals surface area contributed by atoms with Crippen molar-refractivity contribution in [3.8, 4) is 0 Å². The van der Waals surface area contributed by atoms with E-state index < -0.39 is 7.60 Å². The Labute approximate surface area is 85.0 Å². The normalized spacial score (nSPS) is 23.1. The molecule has 0 aromatic rings. The SMILES string of the molecule is NCC1(CP(=O)(O)O)CCCCCC1. The Bertz CT molecular complexity index is 218. The first-order chi connectivity index (χ1) is 6.47. The molecule has 5 heteroatoms. The highest BCUT2D eigenvalue weighted by Gasteiger charge is 2.35. The van der Waals surface area contributed by atoms with Crippen molar-refractivity contribution in [1.29, 1.82) is 0 Å². The third-order valence-corrected chi connectivity index (χ3v) is 4.22. The monoisotopic (exact) mass is 221 g/mol. The van der Waals surface area contributed by atoms with Gasteiger partial charge in [0.1, 0.15) is 0 Å². The van der Waals surface area contributed by atoms with Gasteiger partial charge < -0.3 is 15.5 Å². The fraction of sp³-hybridized carbons (Fsp3) is 1.00. The van der Waals surface area contributed by atoms with Crippen LogP contribution in [0.2, 0.25) is 0 Å². The molecule has 14 heavy (non-hydrogen) atoms. The summed E-state index contributed by atoms with van der Waals surface area (Å²) in [6, 6.07) is 0. The highest BCUT2D eigenvalue weighted by atomic mass is 31.2. The fourth-order valence-electron chi connectivity index (χ4n) is 2.34. The fourth-order valence-corrected chi connectivity index (χ4v) is 3.66. The lowest BCUT2D eigenvalue weighted by atomic mass is 9.82. The van der Waals surface area contributed by atoms with Crippen molar-refractivity contribution in [2.24, 2.45) is 11.1 Å². The van der Waals surface area contributed by atoms with E-state index in [-0.39, 0.29) is 11.6 Å². The summed E-state index contributed by atoms with van der Waals surface area (Å²) < 4.78 is 11.0. The van der Waals surface area contributed by atoms with Gasteiger partial charge in [-0.05, 0) is 24.8 Å². The zero-order chi connectivity index (χ0) is 10.7. The van der Waals surface area contributed by atoms with Crippen LogP contribution in [-0.2, 0) is 4.57 Å². The lowest BCUT2D eigenvalue weighted by Crippen LogP contribution is -2.33. The van der Waals surface area contributed by atoms with Gasteiger partial charge in [0.2, 0.25) is 0 Å². The highest BCUT2D eigenvalue weighted by Crippen LogP contribution is 2.47. The lowest BCUT2D eigenvalue weighted by Gasteiger charge is -2.31. The first-order valence-corrected chi connectivity index (χ1v) is 7.02. The smallest absolute Gasteiger partial charge is 0.326 e. The van der Waals surface area contributed by atoms with Gasteiger partial charge in [0.25, 0.3) is 0 Å². The van der Waals surface area contributed by atoms with Crippen LogP contribution in [0.25, 0.3) is 0 Å². The Hall–Kier alpha value is 0.110. The second-order valence-electron chi connectivity index (χ2n) is 4.44. The summed E-state index contributed by atoms with van der Waals surface area (Å²) in [6.45, 7) is 0.401. The minimum absolute atomic E-state index is 0.0312. The van der Waals surface area contributed by atoms with Crippen molar-refractivity contribution in [3.63, 3.8) is 0 Å². The predicted octanol–water partition coefficient (Wildman–Crippen LogP) is 1.46. The summed E-state index contributed by atoms with van der Waals surface area (Å²) in [6.07, 6.45) is 6.15. The molecule has 0 aliphatic heterocycles. The zero-order valence-corrected chi connectivity index (χ0v) is 9.38. The molecule has 0 aromatic carbocycles. The van der Waals surface area contributed by atoms with Crippen LogP contribution in [0, 0.1) is 5.41 Å². The third-order valence-electron chi connectivity index (χ3n) is 3.14. The van der Waals surface area contributed by atoms with Crippen LogP contribution >= 0.6 is 7.60 Å². The van der Waals surface area contributed by atoms with Gasteiger partial charge in [-0.3, -0.25) is 4.57 Å². The molecule has 0 spiro atoms. The van der Waals surface area contributed by atoms with E-state index in [9.17, 15) is 4.57 Å². The van der Waals surface area contributed by atoms with Gasteiger partial charge in [0.15, 0.2) is 0 Å². The van der Waals surface area contributed by atoms with Crippen LogP contribution in [0.1, 0.15) is 38.5 Å². The molecule has 0 bridgehead atoms. The molecule has 0 radical (unpaired) electrons. The quantitative estimate of drug-likeness (QED) is 0.497. The van der Waals surface area contributed by atoms with Crippen molar-refractivity contribution >= 4 is 7.60 Å². The van der Waals surface area contributed by atoms with Gasteiger partial charge >= 0.3 is 7.60 Å². The molecule has 1 fully saturated rings. The Kier molecular flexibility index (Phi) is 4.14. The lowest BCUT2D eigenvalue weighted by molar-refractivity contribution is 0.264. The average Bonchev–Trinajstić information content (AvgIpc) is 2.28. The second-order valence-corrected chi connectivity index (χ2v) is 6.09. The Morgan fingerprint density at radius 1 is 1.14 bits per heavy atom. The van der Waals surface area contributed by atoms with Crippen LogP contribution in [0.15, 0.2) is 0 Å². The van der Waals surface area contributed by atoms with Gasteiger partial charge in [-0.25, -0.2) is 0 Å². The third kappa shape index (κ3) is 3.70.